The highest BCUT2D eigenvalue weighted by Crippen LogP contribution is 2.25. The third-order valence-corrected chi connectivity index (χ3v) is 5.01. The van der Waals surface area contributed by atoms with Gasteiger partial charge < -0.3 is 5.32 Å². The molecular weight excluding hydrogens is 444 g/mol. The molecular formula is C19H20BrClN6O. The molecule has 0 fully saturated rings. The molecule has 0 unspecified atom stereocenters. The van der Waals surface area contributed by atoms with Gasteiger partial charge in [0.2, 0.25) is 5.91 Å². The summed E-state index contributed by atoms with van der Waals surface area (Å²) in [6.45, 7) is 4.75. The van der Waals surface area contributed by atoms with E-state index >= 15 is 0 Å². The zero-order valence-electron chi connectivity index (χ0n) is 15.6. The normalized spacial score (nSPS) is 11.3. The number of rotatable bonds is 7. The number of anilines is 1. The summed E-state index contributed by atoms with van der Waals surface area (Å²) in [5.74, 6) is -0.281. The van der Waals surface area contributed by atoms with Crippen LogP contribution in [0.15, 0.2) is 41.4 Å². The lowest BCUT2D eigenvalue weighted by Crippen LogP contribution is -2.11. The van der Waals surface area contributed by atoms with Crippen molar-refractivity contribution in [1.29, 1.82) is 0 Å². The van der Waals surface area contributed by atoms with Gasteiger partial charge in [0.05, 0.1) is 17.1 Å². The smallest absolute Gasteiger partial charge is 0.248 e. The Morgan fingerprint density at radius 1 is 1.39 bits per heavy atom. The van der Waals surface area contributed by atoms with E-state index in [4.69, 9.17) is 11.6 Å². The number of nitrogens with zero attached hydrogens (tertiary/aromatic N) is 5. The third kappa shape index (κ3) is 4.69. The fourth-order valence-electron chi connectivity index (χ4n) is 2.69. The number of carbonyl (C=O) groups excluding carboxylic acids is 1. The molecule has 3 aromatic rings. The van der Waals surface area contributed by atoms with Crippen LogP contribution in [0.5, 0.6) is 0 Å². The Morgan fingerprint density at radius 3 is 2.93 bits per heavy atom. The SMILES string of the molecule is CCCCn1nc(C)c(/C=C/C(=O)Nc2cc(Br)ccc2-n2cncn2)c1Cl. The molecule has 0 radical (unpaired) electrons. The predicted octanol–water partition coefficient (Wildman–Crippen LogP) is 4.64. The van der Waals surface area contributed by atoms with E-state index in [-0.39, 0.29) is 5.91 Å². The molecule has 0 saturated heterocycles. The quantitative estimate of drug-likeness (QED) is 0.518. The second-order valence-electron chi connectivity index (χ2n) is 6.19. The van der Waals surface area contributed by atoms with Gasteiger partial charge in [-0.1, -0.05) is 40.9 Å². The molecule has 0 aliphatic carbocycles. The number of hydrogen-bond donors (Lipinski definition) is 1. The van der Waals surface area contributed by atoms with Gasteiger partial charge in [-0.3, -0.25) is 9.48 Å². The van der Waals surface area contributed by atoms with Crippen molar-refractivity contribution in [3.8, 4) is 5.69 Å². The first-order chi connectivity index (χ1) is 13.5. The lowest BCUT2D eigenvalue weighted by Gasteiger charge is -2.10. The maximum absolute atomic E-state index is 12.5. The Kier molecular flexibility index (Phi) is 6.64. The van der Waals surface area contributed by atoms with Crippen LogP contribution in [-0.2, 0) is 11.3 Å². The molecule has 1 N–H and O–H groups in total. The minimum Gasteiger partial charge on any atom is -0.321 e. The van der Waals surface area contributed by atoms with Gasteiger partial charge in [0.25, 0.3) is 0 Å². The van der Waals surface area contributed by atoms with Crippen LogP contribution >= 0.6 is 27.5 Å². The second kappa shape index (κ2) is 9.16. The van der Waals surface area contributed by atoms with E-state index in [1.165, 1.54) is 12.4 Å². The summed E-state index contributed by atoms with van der Waals surface area (Å²) < 4.78 is 4.20. The number of aromatic nitrogens is 5. The van der Waals surface area contributed by atoms with Crippen LogP contribution in [0.25, 0.3) is 11.8 Å². The Hall–Kier alpha value is -2.45. The fraction of sp³-hybridized carbons (Fsp3) is 0.263. The van der Waals surface area contributed by atoms with E-state index in [2.05, 4.69) is 43.4 Å². The van der Waals surface area contributed by atoms with Crippen LogP contribution in [-0.4, -0.2) is 30.5 Å². The summed E-state index contributed by atoms with van der Waals surface area (Å²) >= 11 is 9.84. The molecule has 9 heteroatoms. The maximum Gasteiger partial charge on any atom is 0.248 e. The molecule has 146 valence electrons. The van der Waals surface area contributed by atoms with Crippen LogP contribution in [0, 0.1) is 6.92 Å². The lowest BCUT2D eigenvalue weighted by molar-refractivity contribution is -0.111. The molecule has 7 nitrogen and oxygen atoms in total. The number of nitrogens with one attached hydrogen (secondary N) is 1. The molecule has 2 aromatic heterocycles. The van der Waals surface area contributed by atoms with Crippen molar-refractivity contribution in [2.75, 3.05) is 5.32 Å². The van der Waals surface area contributed by atoms with Crippen molar-refractivity contribution in [3.05, 3.63) is 57.8 Å². The van der Waals surface area contributed by atoms with Crippen molar-refractivity contribution >= 4 is 45.2 Å². The molecule has 3 rings (SSSR count). The number of hydrogen-bond acceptors (Lipinski definition) is 4. The second-order valence-corrected chi connectivity index (χ2v) is 7.46. The van der Waals surface area contributed by atoms with Crippen LogP contribution in [0.3, 0.4) is 0 Å². The van der Waals surface area contributed by atoms with Crippen molar-refractivity contribution in [2.24, 2.45) is 0 Å². The number of unbranched alkanes of at least 4 members (excludes halogenated alkanes) is 1. The van der Waals surface area contributed by atoms with E-state index in [0.29, 0.717) is 16.5 Å². The first kappa shape index (κ1) is 20.3. The van der Waals surface area contributed by atoms with Gasteiger partial charge in [-0.25, -0.2) is 9.67 Å². The van der Waals surface area contributed by atoms with Gasteiger partial charge in [0.15, 0.2) is 0 Å². The van der Waals surface area contributed by atoms with E-state index in [1.807, 2.05) is 25.1 Å². The number of amides is 1. The molecule has 28 heavy (non-hydrogen) atoms. The van der Waals surface area contributed by atoms with Gasteiger partial charge >= 0.3 is 0 Å². The Bertz CT molecular complexity index is 996. The lowest BCUT2D eigenvalue weighted by atomic mass is 10.2. The summed E-state index contributed by atoms with van der Waals surface area (Å²) in [5, 5.41) is 12.0. The van der Waals surface area contributed by atoms with Gasteiger partial charge in [0.1, 0.15) is 17.8 Å². The van der Waals surface area contributed by atoms with Crippen molar-refractivity contribution in [1.82, 2.24) is 24.5 Å². The molecule has 0 saturated carbocycles. The highest BCUT2D eigenvalue weighted by atomic mass is 79.9. The first-order valence-electron chi connectivity index (χ1n) is 8.86. The Labute approximate surface area is 176 Å². The number of benzene rings is 1. The van der Waals surface area contributed by atoms with E-state index < -0.39 is 0 Å². The van der Waals surface area contributed by atoms with E-state index in [0.717, 1.165) is 35.1 Å². The van der Waals surface area contributed by atoms with Crippen LogP contribution in [0.4, 0.5) is 5.69 Å². The maximum atomic E-state index is 12.5. The first-order valence-corrected chi connectivity index (χ1v) is 10.0. The molecule has 0 bridgehead atoms. The summed E-state index contributed by atoms with van der Waals surface area (Å²) in [7, 11) is 0. The minimum atomic E-state index is -0.281. The molecule has 1 amide bonds. The van der Waals surface area contributed by atoms with Crippen LogP contribution in [0.2, 0.25) is 5.15 Å². The zero-order chi connectivity index (χ0) is 20.1. The van der Waals surface area contributed by atoms with Crippen molar-refractivity contribution in [2.45, 2.75) is 33.2 Å². The standard InChI is InChI=1S/C19H20BrClN6O/c1-3-4-9-26-19(21)15(13(2)25-26)6-8-18(28)24-16-10-14(20)5-7-17(16)27-12-22-11-23-27/h5-8,10-12H,3-4,9H2,1-2H3,(H,24,28)/b8-6+. The van der Waals surface area contributed by atoms with Gasteiger partial charge in [-0.2, -0.15) is 10.2 Å². The van der Waals surface area contributed by atoms with Gasteiger partial charge in [-0.15, -0.1) is 0 Å². The van der Waals surface area contributed by atoms with Crippen LogP contribution in [0.1, 0.15) is 31.0 Å². The highest BCUT2D eigenvalue weighted by molar-refractivity contribution is 9.10. The zero-order valence-corrected chi connectivity index (χ0v) is 17.9. The third-order valence-electron chi connectivity index (χ3n) is 4.12. The van der Waals surface area contributed by atoms with Crippen LogP contribution < -0.4 is 5.32 Å². The number of aryl methyl sites for hydroxylation is 2. The van der Waals surface area contributed by atoms with E-state index in [1.54, 1.807) is 21.8 Å². The monoisotopic (exact) mass is 462 g/mol. The Morgan fingerprint density at radius 2 is 2.21 bits per heavy atom. The van der Waals surface area contributed by atoms with E-state index in [9.17, 15) is 4.79 Å². The number of halogens is 2. The summed E-state index contributed by atoms with van der Waals surface area (Å²) in [4.78, 5) is 16.4. The molecule has 0 aliphatic rings. The average Bonchev–Trinajstić information content (AvgIpc) is 3.27. The van der Waals surface area contributed by atoms with Crippen molar-refractivity contribution < 1.29 is 4.79 Å². The summed E-state index contributed by atoms with van der Waals surface area (Å²) in [6.07, 6.45) is 8.21. The molecule has 0 atom stereocenters. The largest absolute Gasteiger partial charge is 0.321 e. The number of carbonyl (C=O) groups is 1. The summed E-state index contributed by atoms with van der Waals surface area (Å²) in [5.41, 5.74) is 2.86. The van der Waals surface area contributed by atoms with Gasteiger partial charge in [0, 0.05) is 22.7 Å². The molecule has 1 aromatic carbocycles. The molecule has 2 heterocycles. The molecule has 0 spiro atoms. The Balaban J connectivity index is 1.78. The van der Waals surface area contributed by atoms with Gasteiger partial charge in [-0.05, 0) is 37.6 Å². The predicted molar refractivity (Wildman–Crippen MR) is 114 cm³/mol. The molecule has 0 aliphatic heterocycles. The summed E-state index contributed by atoms with van der Waals surface area (Å²) in [6, 6.07) is 5.52. The minimum absolute atomic E-state index is 0.281. The topological polar surface area (TPSA) is 77.6 Å². The fourth-order valence-corrected chi connectivity index (χ4v) is 3.37. The van der Waals surface area contributed by atoms with Crippen molar-refractivity contribution in [3.63, 3.8) is 0 Å². The average molecular weight is 464 g/mol. The highest BCUT2D eigenvalue weighted by Gasteiger charge is 2.12.